The molecule has 13 heteroatoms. The van der Waals surface area contributed by atoms with Crippen LogP contribution in [0.4, 0.5) is 0 Å². The fourth-order valence-corrected chi connectivity index (χ4v) is 9.16. The minimum absolute atomic E-state index is 0.0700. The highest BCUT2D eigenvalue weighted by Gasteiger charge is 2.33. The van der Waals surface area contributed by atoms with E-state index in [0.29, 0.717) is 17.2 Å². The number of aromatic nitrogens is 1. The molecular weight excluding hydrogens is 799 g/mol. The number of thioether (sulfide) groups is 1. The first-order chi connectivity index (χ1) is 29.1. The average molecular weight is 844 g/mol. The molecule has 1 aliphatic heterocycles. The molecule has 0 unspecified atom stereocenters. The van der Waals surface area contributed by atoms with E-state index in [-0.39, 0.29) is 42.2 Å². The van der Waals surface area contributed by atoms with Crippen molar-refractivity contribution in [1.82, 2.24) is 15.0 Å². The Morgan fingerprint density at radius 3 is 2.23 bits per heavy atom. The van der Waals surface area contributed by atoms with Crippen LogP contribution in [0.1, 0.15) is 62.6 Å². The third-order valence-electron chi connectivity index (χ3n) is 10.2. The predicted molar refractivity (Wildman–Crippen MR) is 230 cm³/mol. The van der Waals surface area contributed by atoms with Crippen molar-refractivity contribution in [2.24, 2.45) is 0 Å². The van der Waals surface area contributed by atoms with E-state index in [1.54, 1.807) is 24.4 Å². The van der Waals surface area contributed by atoms with Gasteiger partial charge in [-0.3, -0.25) is 4.79 Å². The number of ether oxygens (including phenoxy) is 2. The summed E-state index contributed by atoms with van der Waals surface area (Å²) in [6, 6.07) is 40.9. The Balaban J connectivity index is 1.07. The first kappa shape index (κ1) is 42.5. The van der Waals surface area contributed by atoms with E-state index in [2.05, 4.69) is 15.0 Å². The zero-order valence-corrected chi connectivity index (χ0v) is 34.4. The van der Waals surface area contributed by atoms with Gasteiger partial charge in [-0.05, 0) is 71.0 Å². The van der Waals surface area contributed by atoms with Gasteiger partial charge in [-0.1, -0.05) is 121 Å². The maximum atomic E-state index is 13.8. The van der Waals surface area contributed by atoms with Crippen molar-refractivity contribution in [2.45, 2.75) is 67.4 Å². The first-order valence-corrected chi connectivity index (χ1v) is 21.9. The van der Waals surface area contributed by atoms with Crippen LogP contribution in [-0.2, 0) is 43.9 Å². The van der Waals surface area contributed by atoms with E-state index in [4.69, 9.17) is 9.47 Å². The Kier molecular flexibility index (Phi) is 13.9. The lowest BCUT2D eigenvalue weighted by Gasteiger charge is -2.36. The van der Waals surface area contributed by atoms with Crippen molar-refractivity contribution in [1.29, 1.82) is 0 Å². The molecule has 4 atom stereocenters. The summed E-state index contributed by atoms with van der Waals surface area (Å²) >= 11 is 1.32. The lowest BCUT2D eigenvalue weighted by Crippen LogP contribution is -2.47. The number of carboxylic acids is 1. The molecule has 1 saturated heterocycles. The minimum atomic E-state index is -4.00. The summed E-state index contributed by atoms with van der Waals surface area (Å²) in [5, 5.41) is 22.7. The number of aryl methyl sites for hydroxylation is 1. The van der Waals surface area contributed by atoms with Crippen LogP contribution < -0.4 is 10.0 Å². The molecular formula is C47H45N3O8S2. The molecule has 0 bridgehead atoms. The zero-order chi connectivity index (χ0) is 42.1. The van der Waals surface area contributed by atoms with Crippen LogP contribution in [0.2, 0.25) is 0 Å². The van der Waals surface area contributed by atoms with E-state index in [9.17, 15) is 28.2 Å². The summed E-state index contributed by atoms with van der Waals surface area (Å²) in [6.45, 7) is 1.96. The molecule has 7 rings (SSSR count). The molecule has 0 aliphatic carbocycles. The number of carbonyl (C=O) groups excluding carboxylic acids is 1. The normalized spacial score (nSPS) is 17.1. The maximum Gasteiger partial charge on any atom is 0.338 e. The highest BCUT2D eigenvalue weighted by atomic mass is 32.2. The Morgan fingerprint density at radius 2 is 1.52 bits per heavy atom. The number of aliphatic hydroxyl groups excluding tert-OH is 1. The molecule has 0 radical (unpaired) electrons. The molecule has 1 fully saturated rings. The molecule has 4 N–H and O–H groups in total. The third-order valence-corrected chi connectivity index (χ3v) is 12.8. The van der Waals surface area contributed by atoms with Gasteiger partial charge in [0.15, 0.2) is 6.29 Å². The van der Waals surface area contributed by atoms with Crippen LogP contribution in [0.15, 0.2) is 156 Å². The Bertz CT molecular complexity index is 2500. The second-order valence-electron chi connectivity index (χ2n) is 14.5. The topological polar surface area (TPSA) is 164 Å². The van der Waals surface area contributed by atoms with Crippen molar-refractivity contribution in [3.63, 3.8) is 0 Å². The molecule has 0 saturated carbocycles. The number of hydrogen-bond acceptors (Lipinski definition) is 9. The number of sulfonamides is 1. The summed E-state index contributed by atoms with van der Waals surface area (Å²) < 4.78 is 42.5. The van der Waals surface area contributed by atoms with Gasteiger partial charge >= 0.3 is 5.97 Å². The number of aromatic carboxylic acids is 1. The predicted octanol–water partition coefficient (Wildman–Crippen LogP) is 7.79. The number of amides is 1. The van der Waals surface area contributed by atoms with Gasteiger partial charge in [0.05, 0.1) is 29.3 Å². The van der Waals surface area contributed by atoms with Gasteiger partial charge in [0, 0.05) is 30.5 Å². The standard InChI is InChI=1S/C47H45N3O8S2/c1-31-13-23-39(24-14-31)60(55,56)50-42(26-32-8-3-2-4-9-32)44(52)49-28-37-10-5-6-11-40(37)34-19-21-36(22-20-34)47-57-38(30-59-45-41(46(53)54)12-7-25-48-45)27-43(58-47)35-17-15-33(29-51)16-18-35/h2-25,38,42-43,47,50-51H,26-30H2,1H3,(H,49,52)(H,53,54)/t38-,42-,43+,47+/m1/s1. The number of rotatable bonds is 16. The monoisotopic (exact) mass is 843 g/mol. The van der Waals surface area contributed by atoms with Gasteiger partial charge < -0.3 is 25.0 Å². The molecule has 60 heavy (non-hydrogen) atoms. The van der Waals surface area contributed by atoms with Crippen molar-refractivity contribution in [2.75, 3.05) is 5.75 Å². The fourth-order valence-electron chi connectivity index (χ4n) is 6.96. The van der Waals surface area contributed by atoms with E-state index in [0.717, 1.165) is 44.5 Å². The van der Waals surface area contributed by atoms with Gasteiger partial charge in [-0.15, -0.1) is 11.8 Å². The lowest BCUT2D eigenvalue weighted by atomic mass is 9.97. The smallest absolute Gasteiger partial charge is 0.338 e. The van der Waals surface area contributed by atoms with Gasteiger partial charge in [-0.25, -0.2) is 18.2 Å². The number of hydrogen-bond donors (Lipinski definition) is 4. The summed E-state index contributed by atoms with van der Waals surface area (Å²) in [5.41, 5.74) is 6.98. The highest BCUT2D eigenvalue weighted by Crippen LogP contribution is 2.40. The Hall–Kier alpha value is -5.67. The number of nitrogens with one attached hydrogen (secondary N) is 2. The van der Waals surface area contributed by atoms with Crippen LogP contribution in [0, 0.1) is 6.92 Å². The van der Waals surface area contributed by atoms with Crippen LogP contribution >= 0.6 is 11.8 Å². The first-order valence-electron chi connectivity index (χ1n) is 19.5. The second-order valence-corrected chi connectivity index (χ2v) is 17.2. The van der Waals surface area contributed by atoms with Crippen molar-refractivity contribution in [3.05, 3.63) is 185 Å². The Labute approximate surface area is 353 Å². The van der Waals surface area contributed by atoms with Crippen molar-refractivity contribution < 1.29 is 37.7 Å². The quantitative estimate of drug-likeness (QED) is 0.0708. The number of pyridine rings is 1. The van der Waals surface area contributed by atoms with E-state index < -0.39 is 34.2 Å². The van der Waals surface area contributed by atoms with Gasteiger partial charge in [0.1, 0.15) is 11.1 Å². The summed E-state index contributed by atoms with van der Waals surface area (Å²) in [5.74, 6) is -1.06. The van der Waals surface area contributed by atoms with Gasteiger partial charge in [0.25, 0.3) is 0 Å². The lowest BCUT2D eigenvalue weighted by molar-refractivity contribution is -0.245. The van der Waals surface area contributed by atoms with Crippen LogP contribution in [0.3, 0.4) is 0 Å². The second kappa shape index (κ2) is 19.6. The third kappa shape index (κ3) is 10.7. The van der Waals surface area contributed by atoms with Crippen molar-refractivity contribution in [3.8, 4) is 11.1 Å². The molecule has 1 amide bonds. The highest BCUT2D eigenvalue weighted by molar-refractivity contribution is 7.99. The molecule has 6 aromatic rings. The van der Waals surface area contributed by atoms with E-state index >= 15 is 0 Å². The molecule has 1 aromatic heterocycles. The number of carbonyl (C=O) groups is 2. The maximum absolute atomic E-state index is 13.8. The van der Waals surface area contributed by atoms with Crippen LogP contribution in [0.5, 0.6) is 0 Å². The number of benzene rings is 5. The van der Waals surface area contributed by atoms with Crippen LogP contribution in [-0.4, -0.2) is 53.4 Å². The molecule has 308 valence electrons. The van der Waals surface area contributed by atoms with E-state index in [1.807, 2.05) is 110 Å². The molecule has 5 aromatic carbocycles. The Morgan fingerprint density at radius 1 is 0.817 bits per heavy atom. The summed E-state index contributed by atoms with van der Waals surface area (Å²) in [7, 11) is -4.00. The van der Waals surface area contributed by atoms with Gasteiger partial charge in [0.2, 0.25) is 15.9 Å². The molecule has 11 nitrogen and oxygen atoms in total. The number of aliphatic hydroxyl groups is 1. The number of carboxylic acid groups (broad SMARTS) is 1. The van der Waals surface area contributed by atoms with Crippen LogP contribution in [0.25, 0.3) is 11.1 Å². The molecule has 1 aliphatic rings. The SMILES string of the molecule is Cc1ccc(S(=O)(=O)N[C@H](Cc2ccccc2)C(=O)NCc2ccccc2-c2ccc([C@H]3O[C@@H](CSc4ncccc4C(=O)O)C[C@@H](c4ccc(CO)cc4)O3)cc2)cc1. The summed E-state index contributed by atoms with van der Waals surface area (Å²) in [4.78, 5) is 30.0. The molecule has 2 heterocycles. The average Bonchev–Trinajstić information content (AvgIpc) is 3.28. The van der Waals surface area contributed by atoms with Gasteiger partial charge in [-0.2, -0.15) is 4.72 Å². The summed E-state index contributed by atoms with van der Waals surface area (Å²) in [6.07, 6.45) is 0.878. The zero-order valence-electron chi connectivity index (χ0n) is 32.8. The van der Waals surface area contributed by atoms with Crippen molar-refractivity contribution >= 4 is 33.7 Å². The number of nitrogens with zero attached hydrogens (tertiary/aromatic N) is 1. The van der Waals surface area contributed by atoms with E-state index in [1.165, 1.54) is 30.0 Å². The fraction of sp³-hybridized carbons (Fsp3) is 0.213. The minimum Gasteiger partial charge on any atom is -0.478 e. The largest absolute Gasteiger partial charge is 0.478 e. The molecule has 0 spiro atoms.